The van der Waals surface area contributed by atoms with Gasteiger partial charge in [-0.05, 0) is 24.6 Å². The molecule has 2 aromatic heterocycles. The number of thioether (sulfide) groups is 1. The van der Waals surface area contributed by atoms with E-state index in [1.54, 1.807) is 29.0 Å². The molecule has 0 spiro atoms. The number of hydrogen-bond acceptors (Lipinski definition) is 5. The summed E-state index contributed by atoms with van der Waals surface area (Å²) >= 11 is 1.25. The van der Waals surface area contributed by atoms with Gasteiger partial charge in [-0.2, -0.15) is 0 Å². The summed E-state index contributed by atoms with van der Waals surface area (Å²) in [6.45, 7) is 0.342. The molecule has 0 aliphatic rings. The molecule has 0 amide bonds. The normalized spacial score (nSPS) is 11.3. The molecule has 0 aliphatic carbocycles. The van der Waals surface area contributed by atoms with Crippen LogP contribution < -0.4 is 5.56 Å². The summed E-state index contributed by atoms with van der Waals surface area (Å²) in [7, 11) is 0. The zero-order valence-electron chi connectivity index (χ0n) is 15.1. The highest BCUT2D eigenvalue weighted by Crippen LogP contribution is 2.23. The van der Waals surface area contributed by atoms with E-state index in [1.807, 2.05) is 30.3 Å². The minimum Gasteiger partial charge on any atom is -0.396 e. The molecule has 4 aromatic rings. The Balaban J connectivity index is 1.65. The van der Waals surface area contributed by atoms with Gasteiger partial charge in [-0.25, -0.2) is 4.98 Å². The number of rotatable bonds is 7. The van der Waals surface area contributed by atoms with Crippen molar-refractivity contribution in [1.82, 2.24) is 14.5 Å². The molecule has 0 aliphatic heterocycles. The number of aliphatic hydroxyl groups excluding tert-OH is 1. The Morgan fingerprint density at radius 2 is 1.86 bits per heavy atom. The van der Waals surface area contributed by atoms with E-state index < -0.39 is 0 Å². The number of aromatic amines is 1. The molecule has 2 aromatic carbocycles. The van der Waals surface area contributed by atoms with Crippen molar-refractivity contribution in [1.29, 1.82) is 0 Å². The molecule has 28 heavy (non-hydrogen) atoms. The van der Waals surface area contributed by atoms with Crippen molar-refractivity contribution in [2.24, 2.45) is 0 Å². The fourth-order valence-corrected chi connectivity index (χ4v) is 4.10. The maximum absolute atomic E-state index is 12.8. The number of Topliss-reactive ketones (excluding diaryl/α,β-unsaturated/α-hetero) is 1. The zero-order valence-corrected chi connectivity index (χ0v) is 15.9. The van der Waals surface area contributed by atoms with E-state index in [-0.39, 0.29) is 23.7 Å². The molecule has 2 heterocycles. The van der Waals surface area contributed by atoms with Crippen LogP contribution in [0.5, 0.6) is 0 Å². The smallest absolute Gasteiger partial charge is 0.262 e. The van der Waals surface area contributed by atoms with Crippen LogP contribution in [-0.4, -0.2) is 37.8 Å². The number of fused-ring (bicyclic) bond motifs is 2. The maximum atomic E-state index is 12.8. The molecule has 0 atom stereocenters. The van der Waals surface area contributed by atoms with Crippen LogP contribution in [-0.2, 0) is 6.54 Å². The number of benzene rings is 2. The van der Waals surface area contributed by atoms with Gasteiger partial charge in [-0.3, -0.25) is 14.2 Å². The van der Waals surface area contributed by atoms with E-state index in [9.17, 15) is 9.59 Å². The zero-order chi connectivity index (χ0) is 19.5. The molecule has 0 bridgehead atoms. The van der Waals surface area contributed by atoms with Crippen LogP contribution in [0.1, 0.15) is 16.8 Å². The minimum atomic E-state index is -0.152. The second-order valence-electron chi connectivity index (χ2n) is 6.41. The molecule has 7 heteroatoms. The lowest BCUT2D eigenvalue weighted by Gasteiger charge is -2.12. The number of para-hydroxylation sites is 2. The molecular formula is C21H19N3O3S. The second kappa shape index (κ2) is 8.00. The van der Waals surface area contributed by atoms with Crippen molar-refractivity contribution in [2.75, 3.05) is 12.4 Å². The number of nitrogens with one attached hydrogen (secondary N) is 1. The number of nitrogens with zero attached hydrogens (tertiary/aromatic N) is 2. The lowest BCUT2D eigenvalue weighted by Crippen LogP contribution is -2.24. The standard InChI is InChI=1S/C21H19N3O3S/c25-11-5-10-24-20(27)15-7-2-4-9-18(15)23-21(24)28-13-19(26)16-12-22-17-8-3-1-6-14(16)17/h1-4,6-9,12,22,25H,5,10-11,13H2. The minimum absolute atomic E-state index is 0.0162. The van der Waals surface area contributed by atoms with Gasteiger partial charge in [-0.1, -0.05) is 42.1 Å². The largest absolute Gasteiger partial charge is 0.396 e. The highest BCUT2D eigenvalue weighted by atomic mass is 32.2. The van der Waals surface area contributed by atoms with Crippen molar-refractivity contribution in [3.8, 4) is 0 Å². The molecule has 0 saturated heterocycles. The highest BCUT2D eigenvalue weighted by Gasteiger charge is 2.16. The van der Waals surface area contributed by atoms with E-state index in [4.69, 9.17) is 5.11 Å². The summed E-state index contributed by atoms with van der Waals surface area (Å²) in [5.41, 5.74) is 2.00. The van der Waals surface area contributed by atoms with E-state index >= 15 is 0 Å². The fraction of sp³-hybridized carbons (Fsp3) is 0.190. The van der Waals surface area contributed by atoms with Gasteiger partial charge in [0.05, 0.1) is 16.7 Å². The first-order valence-electron chi connectivity index (χ1n) is 9.01. The summed E-state index contributed by atoms with van der Waals surface area (Å²) in [4.78, 5) is 33.3. The van der Waals surface area contributed by atoms with Crippen LogP contribution in [0.25, 0.3) is 21.8 Å². The first kappa shape index (κ1) is 18.5. The van der Waals surface area contributed by atoms with E-state index in [0.717, 1.165) is 10.9 Å². The Kier molecular flexibility index (Phi) is 5.27. The molecule has 2 N–H and O–H groups in total. The first-order chi connectivity index (χ1) is 13.7. The van der Waals surface area contributed by atoms with Crippen LogP contribution in [0.15, 0.2) is 64.7 Å². The van der Waals surface area contributed by atoms with E-state index in [0.29, 0.717) is 34.6 Å². The van der Waals surface area contributed by atoms with Crippen molar-refractivity contribution >= 4 is 39.4 Å². The van der Waals surface area contributed by atoms with Crippen molar-refractivity contribution in [3.05, 3.63) is 70.6 Å². The topological polar surface area (TPSA) is 88.0 Å². The number of carbonyl (C=O) groups is 1. The van der Waals surface area contributed by atoms with Gasteiger partial charge in [0.1, 0.15) is 0 Å². The number of aromatic nitrogens is 3. The predicted octanol–water partition coefficient (Wildman–Crippen LogP) is 3.24. The average molecular weight is 393 g/mol. The van der Waals surface area contributed by atoms with Crippen LogP contribution >= 0.6 is 11.8 Å². The first-order valence-corrected chi connectivity index (χ1v) is 10.00. The Labute approximate surface area is 165 Å². The lowest BCUT2D eigenvalue weighted by atomic mass is 10.1. The summed E-state index contributed by atoms with van der Waals surface area (Å²) in [6.07, 6.45) is 2.17. The fourth-order valence-electron chi connectivity index (χ4n) is 3.19. The number of H-pyrrole nitrogens is 1. The molecule has 0 saturated carbocycles. The number of aliphatic hydroxyl groups is 1. The predicted molar refractivity (Wildman–Crippen MR) is 111 cm³/mol. The lowest BCUT2D eigenvalue weighted by molar-refractivity contribution is 0.102. The van der Waals surface area contributed by atoms with Crippen molar-refractivity contribution < 1.29 is 9.90 Å². The molecule has 0 fully saturated rings. The molecule has 0 unspecified atom stereocenters. The van der Waals surface area contributed by atoms with Gasteiger partial charge in [0.15, 0.2) is 10.9 Å². The van der Waals surface area contributed by atoms with Gasteiger partial charge in [0.25, 0.3) is 5.56 Å². The summed E-state index contributed by atoms with van der Waals surface area (Å²) in [5, 5.41) is 11.1. The van der Waals surface area contributed by atoms with Crippen LogP contribution in [0.2, 0.25) is 0 Å². The molecule has 6 nitrogen and oxygen atoms in total. The SMILES string of the molecule is O=C(CSc1nc2ccccc2c(=O)n1CCCO)c1c[nH]c2ccccc12. The quantitative estimate of drug-likeness (QED) is 0.286. The van der Waals surface area contributed by atoms with E-state index in [1.165, 1.54) is 11.8 Å². The monoisotopic (exact) mass is 393 g/mol. The summed E-state index contributed by atoms with van der Waals surface area (Å²) < 4.78 is 1.55. The van der Waals surface area contributed by atoms with Gasteiger partial charge in [-0.15, -0.1) is 0 Å². The summed E-state index contributed by atoms with van der Waals surface area (Å²) in [5.74, 6) is 0.143. The van der Waals surface area contributed by atoms with Gasteiger partial charge >= 0.3 is 0 Å². The van der Waals surface area contributed by atoms with Gasteiger partial charge in [0.2, 0.25) is 0 Å². The molecule has 142 valence electrons. The number of hydrogen-bond donors (Lipinski definition) is 2. The highest BCUT2D eigenvalue weighted by molar-refractivity contribution is 7.99. The van der Waals surface area contributed by atoms with E-state index in [2.05, 4.69) is 9.97 Å². The molecular weight excluding hydrogens is 374 g/mol. The maximum Gasteiger partial charge on any atom is 0.262 e. The van der Waals surface area contributed by atoms with Crippen molar-refractivity contribution in [3.63, 3.8) is 0 Å². The average Bonchev–Trinajstić information content (AvgIpc) is 3.16. The number of ketones is 1. The van der Waals surface area contributed by atoms with Crippen LogP contribution in [0, 0.1) is 0 Å². The van der Waals surface area contributed by atoms with Crippen LogP contribution in [0.4, 0.5) is 0 Å². The number of carbonyl (C=O) groups excluding carboxylic acids is 1. The third-order valence-corrected chi connectivity index (χ3v) is 5.56. The van der Waals surface area contributed by atoms with Gasteiger partial charge < -0.3 is 10.1 Å². The Hall–Kier alpha value is -2.90. The third-order valence-electron chi connectivity index (χ3n) is 4.59. The second-order valence-corrected chi connectivity index (χ2v) is 7.35. The van der Waals surface area contributed by atoms with Gasteiger partial charge in [0, 0.05) is 35.8 Å². The van der Waals surface area contributed by atoms with Crippen molar-refractivity contribution in [2.45, 2.75) is 18.1 Å². The van der Waals surface area contributed by atoms with Crippen LogP contribution in [0.3, 0.4) is 0 Å². The Morgan fingerprint density at radius 3 is 2.68 bits per heavy atom. The molecule has 4 rings (SSSR count). The third kappa shape index (κ3) is 3.46. The Bertz CT molecular complexity index is 1210. The Morgan fingerprint density at radius 1 is 1.11 bits per heavy atom. The molecule has 0 radical (unpaired) electrons. The summed E-state index contributed by atoms with van der Waals surface area (Å²) in [6, 6.07) is 14.8.